The molecule has 5 aromatic rings. The number of ether oxygens (including phenoxy) is 1. The molecule has 2 aliphatic carbocycles. The number of aromatic nitrogens is 6. The highest BCUT2D eigenvalue weighted by Gasteiger charge is 2.36. The molecule has 0 aliphatic heterocycles. The summed E-state index contributed by atoms with van der Waals surface area (Å²) in [5.74, 6) is 0.274. The van der Waals surface area contributed by atoms with Crippen molar-refractivity contribution >= 4 is 5.52 Å². The number of hydrogen-bond donors (Lipinski definition) is 1. The van der Waals surface area contributed by atoms with E-state index in [0.717, 1.165) is 53.3 Å². The predicted octanol–water partition coefficient (Wildman–Crippen LogP) is 5.38. The Hall–Kier alpha value is -4.36. The third-order valence-corrected chi connectivity index (χ3v) is 8.46. The van der Waals surface area contributed by atoms with Crippen molar-refractivity contribution in [2.24, 2.45) is 12.8 Å². The molecule has 2 aliphatic rings. The number of nitrogens with two attached hydrogens (primary N) is 1. The van der Waals surface area contributed by atoms with Gasteiger partial charge in [0.05, 0.1) is 24.3 Å². The second-order valence-electron chi connectivity index (χ2n) is 11.9. The van der Waals surface area contributed by atoms with Gasteiger partial charge in [0.1, 0.15) is 18.0 Å². The van der Waals surface area contributed by atoms with E-state index >= 15 is 0 Å². The van der Waals surface area contributed by atoms with Gasteiger partial charge in [-0.25, -0.2) is 14.2 Å². The summed E-state index contributed by atoms with van der Waals surface area (Å²) < 4.78 is 66.7. The normalized spacial score (nSPS) is 16.4. The van der Waals surface area contributed by atoms with E-state index in [0.29, 0.717) is 28.2 Å². The Morgan fingerprint density at radius 1 is 1.09 bits per heavy atom. The molecular weight excluding hydrogens is 578 g/mol. The molecule has 0 amide bonds. The van der Waals surface area contributed by atoms with Gasteiger partial charge in [0.25, 0.3) is 0 Å². The number of rotatable bonds is 8. The molecule has 0 radical (unpaired) electrons. The van der Waals surface area contributed by atoms with Crippen molar-refractivity contribution in [1.29, 1.82) is 0 Å². The van der Waals surface area contributed by atoms with Crippen LogP contribution in [-0.2, 0) is 24.6 Å². The lowest BCUT2D eigenvalue weighted by atomic mass is 9.78. The molecule has 0 unspecified atom stereocenters. The number of pyridine rings is 2. The first kappa shape index (κ1) is 28.4. The van der Waals surface area contributed by atoms with E-state index in [9.17, 15) is 22.4 Å². The second kappa shape index (κ2) is 10.4. The molecular formula is C31H29F4N7O2. The summed E-state index contributed by atoms with van der Waals surface area (Å²) in [5.41, 5.74) is 6.38. The first-order valence-electron chi connectivity index (χ1n) is 14.4. The molecule has 0 spiro atoms. The molecule has 9 nitrogen and oxygen atoms in total. The Kier molecular flexibility index (Phi) is 6.70. The number of alkyl halides is 3. The van der Waals surface area contributed by atoms with Crippen molar-refractivity contribution in [3.63, 3.8) is 0 Å². The number of benzene rings is 1. The maximum absolute atomic E-state index is 14.4. The fourth-order valence-electron chi connectivity index (χ4n) is 5.75. The molecule has 1 aromatic carbocycles. The van der Waals surface area contributed by atoms with E-state index in [2.05, 4.69) is 10.2 Å². The van der Waals surface area contributed by atoms with Gasteiger partial charge in [-0.2, -0.15) is 13.2 Å². The van der Waals surface area contributed by atoms with Crippen LogP contribution in [0.25, 0.3) is 33.8 Å². The number of nitrogens with zero attached hydrogens (tertiary/aromatic N) is 6. The van der Waals surface area contributed by atoms with E-state index < -0.39 is 28.8 Å². The zero-order valence-electron chi connectivity index (χ0n) is 23.8. The summed E-state index contributed by atoms with van der Waals surface area (Å²) in [7, 11) is 1.74. The minimum Gasteiger partial charge on any atom is -0.375 e. The maximum Gasteiger partial charge on any atom is 0.418 e. The lowest BCUT2D eigenvalue weighted by Crippen LogP contribution is -2.50. The topological polar surface area (TPSA) is 105 Å². The van der Waals surface area contributed by atoms with Crippen LogP contribution in [-0.4, -0.2) is 40.9 Å². The van der Waals surface area contributed by atoms with Gasteiger partial charge < -0.3 is 15.0 Å². The van der Waals surface area contributed by atoms with E-state index in [1.165, 1.54) is 24.7 Å². The predicted molar refractivity (Wildman–Crippen MR) is 154 cm³/mol. The Bertz CT molecular complexity index is 1950. The van der Waals surface area contributed by atoms with Crippen molar-refractivity contribution in [2.45, 2.75) is 56.3 Å². The summed E-state index contributed by atoms with van der Waals surface area (Å²) in [5, 5.41) is 8.05. The van der Waals surface area contributed by atoms with Gasteiger partial charge in [0, 0.05) is 42.2 Å². The highest BCUT2D eigenvalue weighted by Crippen LogP contribution is 2.42. The Balaban J connectivity index is 1.35. The van der Waals surface area contributed by atoms with Crippen LogP contribution in [0.5, 0.6) is 0 Å². The van der Waals surface area contributed by atoms with Crippen molar-refractivity contribution in [2.75, 3.05) is 6.61 Å². The van der Waals surface area contributed by atoms with Crippen LogP contribution in [0.1, 0.15) is 54.8 Å². The largest absolute Gasteiger partial charge is 0.418 e. The van der Waals surface area contributed by atoms with Gasteiger partial charge >= 0.3 is 11.9 Å². The van der Waals surface area contributed by atoms with Gasteiger partial charge in [-0.1, -0.05) is 6.07 Å². The average Bonchev–Trinajstić information content (AvgIpc) is 3.65. The zero-order chi connectivity index (χ0) is 30.8. The molecule has 2 fully saturated rings. The first-order chi connectivity index (χ1) is 21.0. The molecule has 7 rings (SSSR count). The Morgan fingerprint density at radius 3 is 2.55 bits per heavy atom. The molecule has 2 N–H and O–H groups in total. The lowest BCUT2D eigenvalue weighted by molar-refractivity contribution is -0.136. The molecule has 4 aromatic heterocycles. The Labute approximate surface area is 248 Å². The molecule has 4 heterocycles. The number of hydrogen-bond acceptors (Lipinski definition) is 6. The summed E-state index contributed by atoms with van der Waals surface area (Å²) in [6, 6.07) is 8.79. The number of aryl methyl sites for hydroxylation is 1. The third kappa shape index (κ3) is 5.19. The maximum atomic E-state index is 14.4. The average molecular weight is 608 g/mol. The lowest BCUT2D eigenvalue weighted by Gasteiger charge is -2.37. The summed E-state index contributed by atoms with van der Waals surface area (Å²) in [6.45, 7) is 0.104. The van der Waals surface area contributed by atoms with Crippen LogP contribution in [0.4, 0.5) is 17.6 Å². The van der Waals surface area contributed by atoms with Gasteiger partial charge in [-0.15, -0.1) is 10.2 Å². The summed E-state index contributed by atoms with van der Waals surface area (Å²) in [4.78, 5) is 18.4. The van der Waals surface area contributed by atoms with Crippen molar-refractivity contribution in [3.05, 3.63) is 88.2 Å². The fraction of sp³-hybridized carbons (Fsp3) is 0.355. The minimum atomic E-state index is -4.73. The number of fused-ring (bicyclic) bond motifs is 1. The van der Waals surface area contributed by atoms with E-state index in [-0.39, 0.29) is 36.0 Å². The van der Waals surface area contributed by atoms with Crippen LogP contribution in [0.3, 0.4) is 0 Å². The quantitative estimate of drug-likeness (QED) is 0.238. The van der Waals surface area contributed by atoms with Crippen LogP contribution >= 0.6 is 0 Å². The number of imidazole rings is 1. The number of halogens is 4. The van der Waals surface area contributed by atoms with Crippen LogP contribution < -0.4 is 11.4 Å². The molecule has 0 atom stereocenters. The summed E-state index contributed by atoms with van der Waals surface area (Å²) in [6.07, 6.45) is 3.69. The molecule has 44 heavy (non-hydrogen) atoms. The van der Waals surface area contributed by atoms with Gasteiger partial charge in [-0.05, 0) is 79.1 Å². The van der Waals surface area contributed by atoms with Crippen LogP contribution in [0.15, 0.2) is 59.9 Å². The smallest absolute Gasteiger partial charge is 0.375 e. The molecule has 0 saturated heterocycles. The highest BCUT2D eigenvalue weighted by atomic mass is 19.4. The molecule has 228 valence electrons. The van der Waals surface area contributed by atoms with Crippen molar-refractivity contribution in [1.82, 2.24) is 28.7 Å². The van der Waals surface area contributed by atoms with Gasteiger partial charge in [-0.3, -0.25) is 8.97 Å². The minimum absolute atomic E-state index is 0.120. The van der Waals surface area contributed by atoms with Crippen molar-refractivity contribution in [3.8, 4) is 28.3 Å². The van der Waals surface area contributed by atoms with E-state index in [1.54, 1.807) is 23.7 Å². The molecule has 0 bridgehead atoms. The molecule has 2 saturated carbocycles. The molecule has 13 heteroatoms. The van der Waals surface area contributed by atoms with Crippen LogP contribution in [0, 0.1) is 5.82 Å². The van der Waals surface area contributed by atoms with Gasteiger partial charge in [0.15, 0.2) is 5.82 Å². The first-order valence-corrected chi connectivity index (χ1v) is 14.4. The highest BCUT2D eigenvalue weighted by molar-refractivity contribution is 5.81. The van der Waals surface area contributed by atoms with Gasteiger partial charge in [0.2, 0.25) is 0 Å². The summed E-state index contributed by atoms with van der Waals surface area (Å²) >= 11 is 0. The van der Waals surface area contributed by atoms with Crippen molar-refractivity contribution < 1.29 is 22.3 Å². The van der Waals surface area contributed by atoms with E-state index in [4.69, 9.17) is 15.5 Å². The fourth-order valence-corrected chi connectivity index (χ4v) is 5.75. The monoisotopic (exact) mass is 607 g/mol. The second-order valence-corrected chi connectivity index (χ2v) is 11.9. The standard InChI is InChI=1S/C31H29F4N7O2/c1-40-17-37-39-28(40)23-12-21(32)5-6-22(23)20-10-25(19-3-4-19)38-27(11-20)42-14-26-24(31(33,34)35)9-18(13-41(26)29(42)43)15-44-16-30(36)7-2-8-30/h5-6,9-14,17,19H,2-4,7-8,15-16,36H2,1H3. The SMILES string of the molecule is Cn1cnnc1-c1cc(F)ccc1-c1cc(C2CC2)nc(-n2cc3c(C(F)(F)F)cc(COCC4(N)CCC4)cn3c2=O)c1. The van der Waals surface area contributed by atoms with Crippen LogP contribution in [0.2, 0.25) is 0 Å². The third-order valence-electron chi connectivity index (χ3n) is 8.46. The Morgan fingerprint density at radius 2 is 1.89 bits per heavy atom. The zero-order valence-corrected chi connectivity index (χ0v) is 23.8. The van der Waals surface area contributed by atoms with E-state index in [1.807, 2.05) is 6.07 Å².